The maximum absolute atomic E-state index is 12.7. The average Bonchev–Trinajstić information content (AvgIpc) is 3.03. The zero-order chi connectivity index (χ0) is 18.8. The van der Waals surface area contributed by atoms with Gasteiger partial charge in [0.15, 0.2) is 0 Å². The maximum atomic E-state index is 12.7. The lowest BCUT2D eigenvalue weighted by atomic mass is 9.96. The molecule has 0 atom stereocenters. The number of amides is 1. The van der Waals surface area contributed by atoms with Crippen molar-refractivity contribution in [3.8, 4) is 6.07 Å². The minimum absolute atomic E-state index is 0.0230. The molecule has 27 heavy (non-hydrogen) atoms. The average molecular weight is 358 g/mol. The van der Waals surface area contributed by atoms with Crippen LogP contribution < -0.4 is 0 Å². The highest BCUT2D eigenvalue weighted by Crippen LogP contribution is 2.24. The van der Waals surface area contributed by atoms with E-state index in [-0.39, 0.29) is 5.91 Å². The fraction of sp³-hybridized carbons (Fsp3) is 0.318. The lowest BCUT2D eigenvalue weighted by Gasteiger charge is -2.32. The Hall–Kier alpha value is -3.13. The van der Waals surface area contributed by atoms with Gasteiger partial charge in [-0.3, -0.25) is 4.79 Å². The van der Waals surface area contributed by atoms with Crippen molar-refractivity contribution in [1.29, 1.82) is 5.26 Å². The summed E-state index contributed by atoms with van der Waals surface area (Å²) in [5.41, 5.74) is 3.35. The maximum Gasteiger partial charge on any atom is 0.253 e. The third-order valence-corrected chi connectivity index (χ3v) is 5.43. The Morgan fingerprint density at radius 2 is 1.96 bits per heavy atom. The van der Waals surface area contributed by atoms with Gasteiger partial charge in [-0.15, -0.1) is 0 Å². The van der Waals surface area contributed by atoms with E-state index in [1.54, 1.807) is 24.3 Å². The molecule has 2 aromatic carbocycles. The number of carbonyl (C=O) groups is 1. The smallest absolute Gasteiger partial charge is 0.253 e. The molecule has 0 aliphatic carbocycles. The van der Waals surface area contributed by atoms with E-state index in [0.29, 0.717) is 17.0 Å². The Morgan fingerprint density at radius 1 is 1.19 bits per heavy atom. The number of imidazole rings is 1. The Bertz CT molecular complexity index is 1020. The molecule has 5 heteroatoms. The lowest BCUT2D eigenvalue weighted by Crippen LogP contribution is -2.39. The van der Waals surface area contributed by atoms with Crippen molar-refractivity contribution in [3.05, 3.63) is 65.5 Å². The number of hydrogen-bond donors (Lipinski definition) is 0. The molecule has 0 N–H and O–H groups in total. The van der Waals surface area contributed by atoms with Crippen LogP contribution in [-0.4, -0.2) is 33.4 Å². The number of piperidine rings is 1. The van der Waals surface area contributed by atoms with Gasteiger partial charge >= 0.3 is 0 Å². The molecule has 5 nitrogen and oxygen atoms in total. The fourth-order valence-corrected chi connectivity index (χ4v) is 3.91. The van der Waals surface area contributed by atoms with Crippen LogP contribution in [0.5, 0.6) is 0 Å². The molecule has 0 saturated carbocycles. The molecule has 4 rings (SSSR count). The minimum Gasteiger partial charge on any atom is -0.339 e. The van der Waals surface area contributed by atoms with Crippen LogP contribution in [0.1, 0.15) is 34.6 Å². The Balaban J connectivity index is 1.42. The van der Waals surface area contributed by atoms with Crippen LogP contribution in [0.2, 0.25) is 0 Å². The van der Waals surface area contributed by atoms with Gasteiger partial charge in [-0.2, -0.15) is 5.26 Å². The Kier molecular flexibility index (Phi) is 4.64. The van der Waals surface area contributed by atoms with Crippen molar-refractivity contribution in [1.82, 2.24) is 14.5 Å². The number of carbonyl (C=O) groups excluding carboxylic acids is 1. The van der Waals surface area contributed by atoms with E-state index in [1.807, 2.05) is 11.0 Å². The molecular weight excluding hydrogens is 336 g/mol. The van der Waals surface area contributed by atoms with Gasteiger partial charge < -0.3 is 9.47 Å². The van der Waals surface area contributed by atoms with Crippen molar-refractivity contribution < 1.29 is 4.79 Å². The van der Waals surface area contributed by atoms with Gasteiger partial charge in [-0.05, 0) is 56.0 Å². The van der Waals surface area contributed by atoms with Gasteiger partial charge in [0.1, 0.15) is 5.82 Å². The monoisotopic (exact) mass is 358 g/mol. The third kappa shape index (κ3) is 3.43. The standard InChI is InChI=1S/C22H22N4O/c1-16-24-20-7-2-3-8-21(20)26(16)15-17-9-11-25(12-10-17)22(27)19-6-4-5-18(13-19)14-23/h2-8,13,17H,9-12,15H2,1H3. The molecule has 1 amide bonds. The molecule has 3 aromatic rings. The van der Waals surface area contributed by atoms with Crippen LogP contribution in [0.3, 0.4) is 0 Å². The van der Waals surface area contributed by atoms with Crippen molar-refractivity contribution >= 4 is 16.9 Å². The summed E-state index contributed by atoms with van der Waals surface area (Å²) in [6, 6.07) is 17.3. The molecule has 1 aliphatic rings. The molecule has 1 aliphatic heterocycles. The van der Waals surface area contributed by atoms with Crippen LogP contribution in [0.25, 0.3) is 11.0 Å². The molecule has 0 unspecified atom stereocenters. The van der Waals surface area contributed by atoms with Crippen LogP contribution in [-0.2, 0) is 6.54 Å². The van der Waals surface area contributed by atoms with Crippen LogP contribution in [0.15, 0.2) is 48.5 Å². The summed E-state index contributed by atoms with van der Waals surface area (Å²) in [4.78, 5) is 19.3. The minimum atomic E-state index is 0.0230. The second kappa shape index (κ2) is 7.24. The number of aromatic nitrogens is 2. The van der Waals surface area contributed by atoms with E-state index in [4.69, 9.17) is 5.26 Å². The number of aryl methyl sites for hydroxylation is 1. The molecule has 1 aromatic heterocycles. The van der Waals surface area contributed by atoms with E-state index in [2.05, 4.69) is 40.7 Å². The molecular formula is C22H22N4O. The van der Waals surface area contributed by atoms with Gasteiger partial charge in [0, 0.05) is 25.2 Å². The molecule has 0 bridgehead atoms. The first-order valence-electron chi connectivity index (χ1n) is 9.37. The number of nitriles is 1. The van der Waals surface area contributed by atoms with Crippen LogP contribution in [0.4, 0.5) is 0 Å². The van der Waals surface area contributed by atoms with Gasteiger partial charge in [-0.1, -0.05) is 18.2 Å². The summed E-state index contributed by atoms with van der Waals surface area (Å²) in [7, 11) is 0. The molecule has 0 radical (unpaired) electrons. The van der Waals surface area contributed by atoms with E-state index in [9.17, 15) is 4.79 Å². The zero-order valence-electron chi connectivity index (χ0n) is 15.4. The highest BCUT2D eigenvalue weighted by Gasteiger charge is 2.24. The topological polar surface area (TPSA) is 61.9 Å². The van der Waals surface area contributed by atoms with Crippen LogP contribution >= 0.6 is 0 Å². The summed E-state index contributed by atoms with van der Waals surface area (Å²) >= 11 is 0. The van der Waals surface area contributed by atoms with Crippen molar-refractivity contribution in [3.63, 3.8) is 0 Å². The first-order chi connectivity index (χ1) is 13.2. The first kappa shape index (κ1) is 17.3. The normalized spacial score (nSPS) is 15.0. The van der Waals surface area contributed by atoms with Gasteiger partial charge in [0.2, 0.25) is 0 Å². The predicted molar refractivity (Wildman–Crippen MR) is 104 cm³/mol. The van der Waals surface area contributed by atoms with Gasteiger partial charge in [0.25, 0.3) is 5.91 Å². The SMILES string of the molecule is Cc1nc2ccccc2n1CC1CCN(C(=O)c2cccc(C#N)c2)CC1. The molecule has 1 saturated heterocycles. The summed E-state index contributed by atoms with van der Waals surface area (Å²) in [6.45, 7) is 4.51. The van der Waals surface area contributed by atoms with E-state index in [1.165, 1.54) is 5.52 Å². The van der Waals surface area contributed by atoms with E-state index in [0.717, 1.165) is 43.8 Å². The number of para-hydroxylation sites is 2. The van der Waals surface area contributed by atoms with Crippen LogP contribution in [0, 0.1) is 24.2 Å². The number of likely N-dealkylation sites (tertiary alicyclic amines) is 1. The third-order valence-electron chi connectivity index (χ3n) is 5.43. The second-order valence-electron chi connectivity index (χ2n) is 7.19. The number of benzene rings is 2. The highest BCUT2D eigenvalue weighted by molar-refractivity contribution is 5.94. The summed E-state index contributed by atoms with van der Waals surface area (Å²) in [6.07, 6.45) is 1.96. The second-order valence-corrected chi connectivity index (χ2v) is 7.19. The zero-order valence-corrected chi connectivity index (χ0v) is 15.4. The molecule has 0 spiro atoms. The predicted octanol–water partition coefficient (Wildman–Crippen LogP) is 3.77. The number of rotatable bonds is 3. The quantitative estimate of drug-likeness (QED) is 0.716. The fourth-order valence-electron chi connectivity index (χ4n) is 3.91. The van der Waals surface area contributed by atoms with E-state index >= 15 is 0 Å². The number of fused-ring (bicyclic) bond motifs is 1. The Morgan fingerprint density at radius 3 is 2.74 bits per heavy atom. The van der Waals surface area contributed by atoms with Crippen molar-refractivity contribution in [2.24, 2.45) is 5.92 Å². The number of hydrogen-bond acceptors (Lipinski definition) is 3. The molecule has 2 heterocycles. The molecule has 136 valence electrons. The highest BCUT2D eigenvalue weighted by atomic mass is 16.2. The summed E-state index contributed by atoms with van der Waals surface area (Å²) < 4.78 is 2.30. The first-order valence-corrected chi connectivity index (χ1v) is 9.37. The summed E-state index contributed by atoms with van der Waals surface area (Å²) in [5, 5.41) is 9.03. The largest absolute Gasteiger partial charge is 0.339 e. The van der Waals surface area contributed by atoms with Gasteiger partial charge in [-0.25, -0.2) is 4.98 Å². The summed E-state index contributed by atoms with van der Waals surface area (Å²) in [5.74, 6) is 1.61. The lowest BCUT2D eigenvalue weighted by molar-refractivity contribution is 0.0683. The van der Waals surface area contributed by atoms with E-state index < -0.39 is 0 Å². The van der Waals surface area contributed by atoms with Crippen molar-refractivity contribution in [2.45, 2.75) is 26.3 Å². The Labute approximate surface area is 158 Å². The molecule has 1 fully saturated rings. The van der Waals surface area contributed by atoms with Crippen molar-refractivity contribution in [2.75, 3.05) is 13.1 Å². The number of nitrogens with zero attached hydrogens (tertiary/aromatic N) is 4. The van der Waals surface area contributed by atoms with Gasteiger partial charge in [0.05, 0.1) is 22.7 Å².